The molecule has 0 aromatic heterocycles. The summed E-state index contributed by atoms with van der Waals surface area (Å²) in [6, 6.07) is 4.44. The number of rotatable bonds is 0. The molecule has 1 aliphatic heterocycles. The summed E-state index contributed by atoms with van der Waals surface area (Å²) < 4.78 is 14.5. The van der Waals surface area contributed by atoms with Crippen molar-refractivity contribution in [1.82, 2.24) is 0 Å². The summed E-state index contributed by atoms with van der Waals surface area (Å²) >= 11 is 17.2. The van der Waals surface area contributed by atoms with Gasteiger partial charge < -0.3 is 0 Å². The van der Waals surface area contributed by atoms with Crippen molar-refractivity contribution in [2.75, 3.05) is 0 Å². The molecule has 2 aliphatic carbocycles. The molecule has 0 amide bonds. The fraction of sp³-hybridized carbons (Fsp3) is 0.400. The van der Waals surface area contributed by atoms with Gasteiger partial charge in [0.1, 0.15) is 0 Å². The zero-order valence-electron chi connectivity index (χ0n) is 14.6. The first kappa shape index (κ1) is 19.2. The van der Waals surface area contributed by atoms with Gasteiger partial charge in [0, 0.05) is 0 Å². The molecule has 0 saturated carbocycles. The second kappa shape index (κ2) is 7.18. The van der Waals surface area contributed by atoms with Gasteiger partial charge in [0.2, 0.25) is 0 Å². The van der Waals surface area contributed by atoms with Gasteiger partial charge in [0.25, 0.3) is 0 Å². The molecule has 0 fully saturated rings. The molecular weight excluding hydrogens is 577 g/mol. The quantitative estimate of drug-likeness (QED) is 0.232. The zero-order chi connectivity index (χ0) is 18.8. The molecule has 3 aliphatic rings. The molecule has 0 N–H and O–H groups in total. The third-order valence-electron chi connectivity index (χ3n) is 5.77. The molecule has 0 bridgehead atoms. The normalized spacial score (nSPS) is 19.5. The van der Waals surface area contributed by atoms with Crippen molar-refractivity contribution in [2.45, 2.75) is 51.4 Å². The third-order valence-corrected chi connectivity index (χ3v) is 9.10. The molecule has 2 aromatic carbocycles. The molecule has 2 aromatic rings. The summed E-state index contributed by atoms with van der Waals surface area (Å²) in [4.78, 5) is 0. The summed E-state index contributed by atoms with van der Waals surface area (Å²) in [5.41, 5.74) is 8.07. The van der Waals surface area contributed by atoms with Crippen LogP contribution in [0.25, 0.3) is 11.1 Å². The van der Waals surface area contributed by atoms with E-state index >= 15 is 0 Å². The summed E-state index contributed by atoms with van der Waals surface area (Å²) in [7, 11) is 0. The van der Waals surface area contributed by atoms with Crippen molar-refractivity contribution < 1.29 is 9.05 Å². The summed E-state index contributed by atoms with van der Waals surface area (Å²) in [6.45, 7) is 0. The predicted octanol–water partition coefficient (Wildman–Crippen LogP) is 7.49. The van der Waals surface area contributed by atoms with E-state index in [1.165, 1.54) is 59.1 Å². The van der Waals surface area contributed by atoms with Gasteiger partial charge in [-0.05, 0) is 0 Å². The van der Waals surface area contributed by atoms with Crippen molar-refractivity contribution in [3.63, 3.8) is 0 Å². The van der Waals surface area contributed by atoms with Crippen LogP contribution in [0.15, 0.2) is 21.1 Å². The number of halogens is 3. The van der Waals surface area contributed by atoms with Gasteiger partial charge in [-0.15, -0.1) is 0 Å². The maximum atomic E-state index is 6.71. The van der Waals surface area contributed by atoms with Gasteiger partial charge in [0.15, 0.2) is 0 Å². The molecule has 7 heteroatoms. The number of aryl methyl sites for hydroxylation is 2. The minimum absolute atomic E-state index is 0.836. The molecule has 0 unspecified atom stereocenters. The molecule has 5 rings (SSSR count). The zero-order valence-corrected chi connectivity index (χ0v) is 21.2. The van der Waals surface area contributed by atoms with E-state index in [1.807, 2.05) is 0 Å². The van der Waals surface area contributed by atoms with Gasteiger partial charge in [-0.3, -0.25) is 0 Å². The van der Waals surface area contributed by atoms with Crippen LogP contribution in [0, 0.1) is 0 Å². The van der Waals surface area contributed by atoms with E-state index in [-0.39, 0.29) is 0 Å². The van der Waals surface area contributed by atoms with Crippen molar-refractivity contribution >= 4 is 63.5 Å². The Bertz CT molecular complexity index is 947. The monoisotopic (exact) mass is 594 g/mol. The van der Waals surface area contributed by atoms with E-state index in [1.54, 1.807) is 0 Å². The van der Waals surface area contributed by atoms with Gasteiger partial charge in [0.05, 0.1) is 0 Å². The number of hydrogen-bond donors (Lipinski definition) is 0. The second-order valence-electron chi connectivity index (χ2n) is 7.43. The van der Waals surface area contributed by atoms with Crippen molar-refractivity contribution in [3.05, 3.63) is 43.3 Å². The molecule has 0 spiro atoms. The molecule has 27 heavy (non-hydrogen) atoms. The van der Waals surface area contributed by atoms with Crippen LogP contribution >= 0.6 is 48.4 Å². The van der Waals surface area contributed by atoms with Crippen LogP contribution in [0.4, 0.5) is 0 Å². The van der Waals surface area contributed by atoms with E-state index in [0.29, 0.717) is 0 Å². The third kappa shape index (κ3) is 3.31. The molecule has 0 atom stereocenters. The molecular formula is C20H18Br2ClO2PSe. The first-order valence-corrected chi connectivity index (χ1v) is 15.7. The number of fused-ring (bicyclic) bond motifs is 7. The second-order valence-corrected chi connectivity index (χ2v) is 16.1. The molecule has 0 saturated heterocycles. The topological polar surface area (TPSA) is 18.5 Å². The maximum absolute atomic E-state index is 6.71. The Labute approximate surface area is 188 Å². The SMILES string of the molecule is ClP1(=[Se])Oc2c(Br)cc3c(c2-c2c4c(cc(Br)c2O1)CCCC4)CCCC3. The predicted molar refractivity (Wildman–Crippen MR) is 120 cm³/mol. The summed E-state index contributed by atoms with van der Waals surface area (Å²) in [5, 5.41) is -2.68. The van der Waals surface area contributed by atoms with Crippen molar-refractivity contribution in [3.8, 4) is 22.6 Å². The van der Waals surface area contributed by atoms with Crippen LogP contribution in [0.2, 0.25) is 0 Å². The molecule has 0 radical (unpaired) electrons. The Balaban J connectivity index is 1.93. The Hall–Kier alpha value is 0.239. The van der Waals surface area contributed by atoms with Gasteiger partial charge in [-0.2, -0.15) is 0 Å². The average molecular weight is 596 g/mol. The molecule has 1 heterocycles. The Morgan fingerprint density at radius 3 is 1.63 bits per heavy atom. The fourth-order valence-corrected chi connectivity index (χ4v) is 8.21. The van der Waals surface area contributed by atoms with Crippen LogP contribution in [-0.4, -0.2) is 15.1 Å². The fourth-order valence-electron chi connectivity index (χ4n) is 4.64. The first-order valence-electron chi connectivity index (χ1n) is 9.32. The molecule has 2 nitrogen and oxygen atoms in total. The van der Waals surface area contributed by atoms with Crippen molar-refractivity contribution in [2.24, 2.45) is 0 Å². The van der Waals surface area contributed by atoms with Gasteiger partial charge >= 0.3 is 190 Å². The Morgan fingerprint density at radius 2 is 1.19 bits per heavy atom. The van der Waals surface area contributed by atoms with E-state index in [0.717, 1.165) is 46.1 Å². The first-order chi connectivity index (χ1) is 12.9. The number of benzene rings is 2. The number of hydrogen-bond acceptors (Lipinski definition) is 2. The molecule has 142 valence electrons. The van der Waals surface area contributed by atoms with Crippen LogP contribution in [0.5, 0.6) is 11.5 Å². The standard InChI is InChI=1S/C20H18Br2ClO2PSe/c21-15-9-11-5-1-3-7-13(11)17-18-14-8-4-2-6-12(14)10-16(22)20(18)25-26(23,27)24-19(15)17/h9-10H,1-8H2. The Kier molecular flexibility index (Phi) is 5.11. The van der Waals surface area contributed by atoms with E-state index in [4.69, 9.17) is 20.3 Å². The van der Waals surface area contributed by atoms with Gasteiger partial charge in [-0.25, -0.2) is 0 Å². The van der Waals surface area contributed by atoms with Crippen LogP contribution in [0.3, 0.4) is 0 Å². The summed E-state index contributed by atoms with van der Waals surface area (Å²) in [5.74, 6) is 1.67. The Morgan fingerprint density at radius 1 is 0.778 bits per heavy atom. The van der Waals surface area contributed by atoms with E-state index in [9.17, 15) is 0 Å². The van der Waals surface area contributed by atoms with Crippen molar-refractivity contribution in [1.29, 1.82) is 0 Å². The minimum atomic E-state index is -2.68. The van der Waals surface area contributed by atoms with Crippen LogP contribution in [0.1, 0.15) is 47.9 Å². The van der Waals surface area contributed by atoms with E-state index in [2.05, 4.69) is 59.1 Å². The summed E-state index contributed by atoms with van der Waals surface area (Å²) in [6.07, 6.45) is 9.31. The average Bonchev–Trinajstić information content (AvgIpc) is 2.76. The van der Waals surface area contributed by atoms with Crippen LogP contribution < -0.4 is 9.05 Å². The van der Waals surface area contributed by atoms with Gasteiger partial charge in [-0.1, -0.05) is 0 Å². The van der Waals surface area contributed by atoms with E-state index < -0.39 is 5.32 Å². The van der Waals surface area contributed by atoms with Crippen LogP contribution in [-0.2, 0) is 25.7 Å².